The summed E-state index contributed by atoms with van der Waals surface area (Å²) in [4.78, 5) is 24.3. The van der Waals surface area contributed by atoms with E-state index in [1.54, 1.807) is 55.5 Å². The van der Waals surface area contributed by atoms with Gasteiger partial charge < -0.3 is 20.3 Å². The SMILES string of the molecule is C[C@H](NC(=O)COC(=O)c1cc(O)c2ccccc2c1O)c1ccc(Cl)cc1. The fraction of sp³-hybridized carbons (Fsp3) is 0.143. The van der Waals surface area contributed by atoms with Gasteiger partial charge in [0.15, 0.2) is 6.61 Å². The smallest absolute Gasteiger partial charge is 0.342 e. The normalized spacial score (nSPS) is 11.8. The molecule has 1 atom stereocenters. The first-order valence-electron chi connectivity index (χ1n) is 8.52. The van der Waals surface area contributed by atoms with Gasteiger partial charge in [0.1, 0.15) is 17.1 Å². The molecule has 3 rings (SSSR count). The van der Waals surface area contributed by atoms with Crippen molar-refractivity contribution in [3.63, 3.8) is 0 Å². The molecule has 0 aliphatic heterocycles. The van der Waals surface area contributed by atoms with Gasteiger partial charge in [0, 0.05) is 15.8 Å². The largest absolute Gasteiger partial charge is 0.507 e. The molecule has 1 amide bonds. The van der Waals surface area contributed by atoms with Crippen molar-refractivity contribution < 1.29 is 24.5 Å². The predicted molar refractivity (Wildman–Crippen MR) is 106 cm³/mol. The fourth-order valence-electron chi connectivity index (χ4n) is 2.82. The maximum absolute atomic E-state index is 12.3. The third kappa shape index (κ3) is 4.18. The molecule has 0 radical (unpaired) electrons. The van der Waals surface area contributed by atoms with Crippen LogP contribution in [0.25, 0.3) is 10.8 Å². The molecule has 0 saturated carbocycles. The van der Waals surface area contributed by atoms with Crippen molar-refractivity contribution in [2.24, 2.45) is 0 Å². The molecule has 3 aromatic carbocycles. The Morgan fingerprint density at radius 2 is 1.71 bits per heavy atom. The van der Waals surface area contributed by atoms with E-state index in [1.165, 1.54) is 0 Å². The quantitative estimate of drug-likeness (QED) is 0.446. The average Bonchev–Trinajstić information content (AvgIpc) is 2.69. The Morgan fingerprint density at radius 3 is 2.39 bits per heavy atom. The second-order valence-corrected chi connectivity index (χ2v) is 6.69. The molecule has 28 heavy (non-hydrogen) atoms. The van der Waals surface area contributed by atoms with Crippen molar-refractivity contribution >= 4 is 34.2 Å². The van der Waals surface area contributed by atoms with E-state index >= 15 is 0 Å². The lowest BCUT2D eigenvalue weighted by molar-refractivity contribution is -0.124. The van der Waals surface area contributed by atoms with Crippen LogP contribution in [0.3, 0.4) is 0 Å². The second kappa shape index (κ2) is 8.19. The number of benzene rings is 3. The molecule has 7 heteroatoms. The van der Waals surface area contributed by atoms with Crippen LogP contribution in [0.5, 0.6) is 11.5 Å². The number of hydrogen-bond acceptors (Lipinski definition) is 5. The van der Waals surface area contributed by atoms with Crippen LogP contribution in [0.4, 0.5) is 0 Å². The lowest BCUT2D eigenvalue weighted by atomic mass is 10.0. The Kier molecular flexibility index (Phi) is 5.70. The number of rotatable bonds is 5. The Bertz CT molecular complexity index is 1030. The molecular weight excluding hydrogens is 382 g/mol. The molecular formula is C21H18ClNO5. The summed E-state index contributed by atoms with van der Waals surface area (Å²) in [5.74, 6) is -1.89. The van der Waals surface area contributed by atoms with Gasteiger partial charge in [-0.05, 0) is 30.7 Å². The number of halogens is 1. The first kappa shape index (κ1) is 19.5. The topological polar surface area (TPSA) is 95.9 Å². The molecule has 0 aliphatic carbocycles. The Labute approximate surface area is 166 Å². The summed E-state index contributed by atoms with van der Waals surface area (Å²) in [5, 5.41) is 24.4. The van der Waals surface area contributed by atoms with Gasteiger partial charge in [-0.3, -0.25) is 4.79 Å². The van der Waals surface area contributed by atoms with Crippen LogP contribution in [0.15, 0.2) is 54.6 Å². The van der Waals surface area contributed by atoms with Crippen molar-refractivity contribution in [3.8, 4) is 11.5 Å². The summed E-state index contributed by atoms with van der Waals surface area (Å²) >= 11 is 5.84. The zero-order chi connectivity index (χ0) is 20.3. The number of phenolic OH excluding ortho intramolecular Hbond substituents is 2. The molecule has 0 saturated heterocycles. The van der Waals surface area contributed by atoms with E-state index in [1.807, 2.05) is 0 Å². The van der Waals surface area contributed by atoms with E-state index in [0.717, 1.165) is 11.6 Å². The maximum Gasteiger partial charge on any atom is 0.342 e. The molecule has 3 aromatic rings. The Balaban J connectivity index is 1.65. The van der Waals surface area contributed by atoms with Gasteiger partial charge in [0.2, 0.25) is 0 Å². The molecule has 0 aliphatic rings. The first-order chi connectivity index (χ1) is 13.4. The summed E-state index contributed by atoms with van der Waals surface area (Å²) in [7, 11) is 0. The van der Waals surface area contributed by atoms with Gasteiger partial charge in [-0.1, -0.05) is 48.0 Å². The zero-order valence-electron chi connectivity index (χ0n) is 15.0. The number of hydrogen-bond donors (Lipinski definition) is 3. The van der Waals surface area contributed by atoms with Gasteiger partial charge in [0.05, 0.1) is 6.04 Å². The number of esters is 1. The number of carbonyl (C=O) groups excluding carboxylic acids is 2. The van der Waals surface area contributed by atoms with Crippen LogP contribution in [0.1, 0.15) is 28.9 Å². The van der Waals surface area contributed by atoms with Crippen LogP contribution in [-0.4, -0.2) is 28.7 Å². The standard InChI is InChI=1S/C21H18ClNO5/c1-12(13-6-8-14(22)9-7-13)23-19(25)11-28-21(27)17-10-18(24)15-4-2-3-5-16(15)20(17)26/h2-10,12,24,26H,11H2,1H3,(H,23,25)/t12-/m0/s1. The van der Waals surface area contributed by atoms with Gasteiger partial charge in [-0.2, -0.15) is 0 Å². The van der Waals surface area contributed by atoms with E-state index in [2.05, 4.69) is 5.32 Å². The lowest BCUT2D eigenvalue weighted by Gasteiger charge is -2.15. The molecule has 0 aromatic heterocycles. The van der Waals surface area contributed by atoms with Gasteiger partial charge in [-0.25, -0.2) is 4.79 Å². The minimum Gasteiger partial charge on any atom is -0.507 e. The lowest BCUT2D eigenvalue weighted by Crippen LogP contribution is -2.31. The minimum atomic E-state index is -0.909. The highest BCUT2D eigenvalue weighted by Crippen LogP contribution is 2.35. The van der Waals surface area contributed by atoms with E-state index in [0.29, 0.717) is 15.8 Å². The molecule has 144 valence electrons. The van der Waals surface area contributed by atoms with E-state index in [9.17, 15) is 19.8 Å². The fourth-order valence-corrected chi connectivity index (χ4v) is 2.95. The van der Waals surface area contributed by atoms with Crippen molar-refractivity contribution in [2.75, 3.05) is 6.61 Å². The highest BCUT2D eigenvalue weighted by Gasteiger charge is 2.19. The third-order valence-corrected chi connectivity index (χ3v) is 4.55. The van der Waals surface area contributed by atoms with Crippen molar-refractivity contribution in [1.29, 1.82) is 0 Å². The number of aromatic hydroxyl groups is 2. The number of ether oxygens (including phenoxy) is 1. The van der Waals surface area contributed by atoms with Crippen LogP contribution in [0.2, 0.25) is 5.02 Å². The molecule has 3 N–H and O–H groups in total. The molecule has 0 heterocycles. The number of phenols is 2. The van der Waals surface area contributed by atoms with E-state index < -0.39 is 18.5 Å². The third-order valence-electron chi connectivity index (χ3n) is 4.30. The van der Waals surface area contributed by atoms with Crippen molar-refractivity contribution in [1.82, 2.24) is 5.32 Å². The van der Waals surface area contributed by atoms with Crippen molar-refractivity contribution in [3.05, 3.63) is 70.7 Å². The second-order valence-electron chi connectivity index (χ2n) is 6.25. The summed E-state index contributed by atoms with van der Waals surface area (Å²) < 4.78 is 4.99. The summed E-state index contributed by atoms with van der Waals surface area (Å²) in [6.45, 7) is 1.26. The first-order valence-corrected chi connectivity index (χ1v) is 8.90. The van der Waals surface area contributed by atoms with Gasteiger partial charge in [0.25, 0.3) is 5.91 Å². The van der Waals surface area contributed by atoms with Gasteiger partial charge >= 0.3 is 5.97 Å². The Morgan fingerprint density at radius 1 is 1.07 bits per heavy atom. The maximum atomic E-state index is 12.3. The highest BCUT2D eigenvalue weighted by molar-refractivity contribution is 6.30. The Hall–Kier alpha value is -3.25. The van der Waals surface area contributed by atoms with E-state index in [4.69, 9.17) is 16.3 Å². The molecule has 0 fully saturated rings. The summed E-state index contributed by atoms with van der Waals surface area (Å²) in [6, 6.07) is 14.4. The highest BCUT2D eigenvalue weighted by atomic mass is 35.5. The van der Waals surface area contributed by atoms with Crippen LogP contribution < -0.4 is 5.32 Å². The van der Waals surface area contributed by atoms with Crippen LogP contribution in [0, 0.1) is 0 Å². The number of nitrogens with one attached hydrogen (secondary N) is 1. The molecule has 6 nitrogen and oxygen atoms in total. The monoisotopic (exact) mass is 399 g/mol. The number of fused-ring (bicyclic) bond motifs is 1. The summed E-state index contributed by atoms with van der Waals surface area (Å²) in [5.41, 5.74) is 0.635. The minimum absolute atomic E-state index is 0.166. The van der Waals surface area contributed by atoms with E-state index in [-0.39, 0.29) is 23.1 Å². The molecule has 0 spiro atoms. The number of amides is 1. The van der Waals surface area contributed by atoms with Crippen molar-refractivity contribution in [2.45, 2.75) is 13.0 Å². The molecule has 0 bridgehead atoms. The predicted octanol–water partition coefficient (Wildman–Crippen LogP) is 3.94. The zero-order valence-corrected chi connectivity index (χ0v) is 15.7. The molecule has 0 unspecified atom stereocenters. The average molecular weight is 400 g/mol. The van der Waals surface area contributed by atoms with Crippen LogP contribution in [-0.2, 0) is 9.53 Å². The van der Waals surface area contributed by atoms with Crippen LogP contribution >= 0.6 is 11.6 Å². The van der Waals surface area contributed by atoms with Gasteiger partial charge in [-0.15, -0.1) is 0 Å². The number of carbonyl (C=O) groups is 2. The summed E-state index contributed by atoms with van der Waals surface area (Å²) in [6.07, 6.45) is 0.